The summed E-state index contributed by atoms with van der Waals surface area (Å²) in [7, 11) is 0. The van der Waals surface area contributed by atoms with Crippen LogP contribution >= 0.6 is 15.9 Å². The van der Waals surface area contributed by atoms with E-state index in [1.165, 1.54) is 0 Å². The Labute approximate surface area is 86.6 Å². The lowest BCUT2D eigenvalue weighted by atomic mass is 10.1. The molecule has 1 rings (SSSR count). The number of allylic oxidation sites excluding steroid dienone is 1. The normalized spacial score (nSPS) is 10.6. The smallest absolute Gasteiger partial charge is 0.150 e. The van der Waals surface area contributed by atoms with Crippen molar-refractivity contribution < 1.29 is 4.79 Å². The predicted molar refractivity (Wildman–Crippen MR) is 59.4 cm³/mol. The van der Waals surface area contributed by atoms with Gasteiger partial charge in [0.2, 0.25) is 0 Å². The van der Waals surface area contributed by atoms with E-state index in [-0.39, 0.29) is 0 Å². The third kappa shape index (κ3) is 2.81. The summed E-state index contributed by atoms with van der Waals surface area (Å²) in [6, 6.07) is 5.67. The number of halogens is 1. The van der Waals surface area contributed by atoms with Gasteiger partial charge in [0.15, 0.2) is 0 Å². The molecule has 0 aliphatic rings. The van der Waals surface area contributed by atoms with E-state index in [9.17, 15) is 4.79 Å². The minimum atomic E-state index is 0.730. The van der Waals surface area contributed by atoms with Gasteiger partial charge in [-0.05, 0) is 24.1 Å². The van der Waals surface area contributed by atoms with Crippen molar-refractivity contribution in [3.8, 4) is 0 Å². The summed E-state index contributed by atoms with van der Waals surface area (Å²) in [6.07, 6.45) is 4.94. The molecule has 13 heavy (non-hydrogen) atoms. The van der Waals surface area contributed by atoms with Crippen LogP contribution in [-0.4, -0.2) is 11.6 Å². The molecule has 1 aromatic carbocycles. The first-order chi connectivity index (χ1) is 6.27. The van der Waals surface area contributed by atoms with Gasteiger partial charge in [-0.1, -0.05) is 40.2 Å². The van der Waals surface area contributed by atoms with Gasteiger partial charge in [0.1, 0.15) is 6.29 Å². The van der Waals surface area contributed by atoms with Crippen LogP contribution in [0.15, 0.2) is 24.3 Å². The van der Waals surface area contributed by atoms with Gasteiger partial charge >= 0.3 is 0 Å². The lowest BCUT2D eigenvalue weighted by Crippen LogP contribution is -1.85. The van der Waals surface area contributed by atoms with Crippen molar-refractivity contribution >= 4 is 28.3 Å². The van der Waals surface area contributed by atoms with Crippen molar-refractivity contribution in [2.75, 3.05) is 5.33 Å². The van der Waals surface area contributed by atoms with Gasteiger partial charge in [0.25, 0.3) is 0 Å². The van der Waals surface area contributed by atoms with Gasteiger partial charge in [-0.2, -0.15) is 0 Å². The number of carbonyl (C=O) groups is 1. The number of aldehydes is 1. The molecule has 68 valence electrons. The van der Waals surface area contributed by atoms with Crippen molar-refractivity contribution in [2.24, 2.45) is 0 Å². The Morgan fingerprint density at radius 3 is 2.77 bits per heavy atom. The fraction of sp³-hybridized carbons (Fsp3) is 0.182. The highest BCUT2D eigenvalue weighted by atomic mass is 79.9. The van der Waals surface area contributed by atoms with Crippen molar-refractivity contribution in [2.45, 2.75) is 6.92 Å². The molecule has 2 heteroatoms. The number of hydrogen-bond acceptors (Lipinski definition) is 1. The van der Waals surface area contributed by atoms with E-state index in [4.69, 9.17) is 0 Å². The van der Waals surface area contributed by atoms with E-state index in [2.05, 4.69) is 15.9 Å². The van der Waals surface area contributed by atoms with Crippen molar-refractivity contribution in [1.82, 2.24) is 0 Å². The zero-order chi connectivity index (χ0) is 9.68. The standard InChI is InChI=1S/C11H11BrO/c1-9-7-10(8-13)4-5-11(9)3-2-6-12/h2-5,7-8H,6H2,1H3. The zero-order valence-corrected chi connectivity index (χ0v) is 9.04. The van der Waals surface area contributed by atoms with Crippen molar-refractivity contribution in [3.63, 3.8) is 0 Å². The molecule has 0 aromatic heterocycles. The molecular weight excluding hydrogens is 228 g/mol. The Morgan fingerprint density at radius 1 is 1.46 bits per heavy atom. The third-order valence-electron chi connectivity index (χ3n) is 1.82. The average molecular weight is 239 g/mol. The molecule has 1 nitrogen and oxygen atoms in total. The molecule has 0 spiro atoms. The molecule has 0 aliphatic heterocycles. The van der Waals surface area contributed by atoms with E-state index in [0.717, 1.165) is 28.3 Å². The number of rotatable bonds is 3. The Bertz CT molecular complexity index is 329. The van der Waals surface area contributed by atoms with Gasteiger partial charge in [-0.3, -0.25) is 4.79 Å². The summed E-state index contributed by atoms with van der Waals surface area (Å²) in [5.41, 5.74) is 3.01. The van der Waals surface area contributed by atoms with Crippen LogP contribution in [0.2, 0.25) is 0 Å². The second kappa shape index (κ2) is 4.97. The quantitative estimate of drug-likeness (QED) is 0.584. The van der Waals surface area contributed by atoms with Gasteiger partial charge in [-0.15, -0.1) is 0 Å². The summed E-state index contributed by atoms with van der Waals surface area (Å²) in [5, 5.41) is 0.849. The number of aryl methyl sites for hydroxylation is 1. The van der Waals surface area contributed by atoms with E-state index in [1.807, 2.05) is 37.3 Å². The second-order valence-corrected chi connectivity index (χ2v) is 3.44. The van der Waals surface area contributed by atoms with E-state index < -0.39 is 0 Å². The summed E-state index contributed by atoms with van der Waals surface area (Å²) in [6.45, 7) is 2.00. The van der Waals surface area contributed by atoms with Gasteiger partial charge in [0.05, 0.1) is 0 Å². The Balaban J connectivity index is 2.98. The van der Waals surface area contributed by atoms with E-state index >= 15 is 0 Å². The van der Waals surface area contributed by atoms with E-state index in [1.54, 1.807) is 0 Å². The summed E-state index contributed by atoms with van der Waals surface area (Å²) in [4.78, 5) is 10.5. The van der Waals surface area contributed by atoms with Crippen molar-refractivity contribution in [3.05, 3.63) is 41.0 Å². The summed E-state index contributed by atoms with van der Waals surface area (Å²) >= 11 is 3.32. The molecule has 0 aliphatic carbocycles. The Morgan fingerprint density at radius 2 is 2.23 bits per heavy atom. The monoisotopic (exact) mass is 238 g/mol. The first-order valence-corrected chi connectivity index (χ1v) is 5.18. The van der Waals surface area contributed by atoms with Crippen LogP contribution in [0, 0.1) is 6.92 Å². The minimum absolute atomic E-state index is 0.730. The average Bonchev–Trinajstić information content (AvgIpc) is 2.16. The Kier molecular flexibility index (Phi) is 3.90. The fourth-order valence-corrected chi connectivity index (χ4v) is 1.32. The Hall–Kier alpha value is -0.890. The molecule has 0 bridgehead atoms. The zero-order valence-electron chi connectivity index (χ0n) is 7.46. The SMILES string of the molecule is Cc1cc(C=O)ccc1C=CCBr. The molecule has 0 radical (unpaired) electrons. The maximum Gasteiger partial charge on any atom is 0.150 e. The van der Waals surface area contributed by atoms with Crippen LogP contribution < -0.4 is 0 Å². The molecule has 0 N–H and O–H groups in total. The highest BCUT2D eigenvalue weighted by Gasteiger charge is 1.95. The molecule has 0 saturated heterocycles. The molecule has 0 saturated carbocycles. The molecule has 1 aromatic rings. The third-order valence-corrected chi connectivity index (χ3v) is 2.19. The lowest BCUT2D eigenvalue weighted by Gasteiger charge is -2.00. The minimum Gasteiger partial charge on any atom is -0.298 e. The van der Waals surface area contributed by atoms with Crippen LogP contribution in [-0.2, 0) is 0 Å². The molecule has 0 heterocycles. The maximum absolute atomic E-state index is 10.5. The summed E-state index contributed by atoms with van der Waals surface area (Å²) < 4.78 is 0. The van der Waals surface area contributed by atoms with Crippen LogP contribution in [0.1, 0.15) is 21.5 Å². The number of alkyl halides is 1. The fourth-order valence-electron chi connectivity index (χ4n) is 1.13. The number of hydrogen-bond donors (Lipinski definition) is 0. The highest BCUT2D eigenvalue weighted by molar-refractivity contribution is 9.09. The number of benzene rings is 1. The molecule has 0 fully saturated rings. The summed E-state index contributed by atoms with van der Waals surface area (Å²) in [5.74, 6) is 0. The van der Waals surface area contributed by atoms with Crippen LogP contribution in [0.3, 0.4) is 0 Å². The van der Waals surface area contributed by atoms with Gasteiger partial charge in [-0.25, -0.2) is 0 Å². The number of carbonyl (C=O) groups excluding carboxylic acids is 1. The second-order valence-electron chi connectivity index (χ2n) is 2.79. The first-order valence-electron chi connectivity index (χ1n) is 4.06. The molecule has 0 amide bonds. The molecular formula is C11H11BrO. The lowest BCUT2D eigenvalue weighted by molar-refractivity contribution is 0.112. The largest absolute Gasteiger partial charge is 0.298 e. The topological polar surface area (TPSA) is 17.1 Å². The maximum atomic E-state index is 10.5. The molecule has 0 atom stereocenters. The van der Waals surface area contributed by atoms with Crippen LogP contribution in [0.4, 0.5) is 0 Å². The van der Waals surface area contributed by atoms with E-state index in [0.29, 0.717) is 0 Å². The van der Waals surface area contributed by atoms with Gasteiger partial charge < -0.3 is 0 Å². The molecule has 0 unspecified atom stereocenters. The van der Waals surface area contributed by atoms with Crippen molar-refractivity contribution in [1.29, 1.82) is 0 Å². The predicted octanol–water partition coefficient (Wildman–Crippen LogP) is 3.22. The van der Waals surface area contributed by atoms with Crippen LogP contribution in [0.25, 0.3) is 6.08 Å². The van der Waals surface area contributed by atoms with Crippen LogP contribution in [0.5, 0.6) is 0 Å². The first kappa shape index (κ1) is 10.2. The highest BCUT2D eigenvalue weighted by Crippen LogP contribution is 2.11. The van der Waals surface area contributed by atoms with Gasteiger partial charge in [0, 0.05) is 10.9 Å².